The number of nitrogens with zero attached hydrogens (tertiary/aromatic N) is 1. The van der Waals surface area contributed by atoms with Crippen LogP contribution in [0.5, 0.6) is 0 Å². The van der Waals surface area contributed by atoms with Crippen LogP contribution in [0.3, 0.4) is 0 Å². The zero-order valence-corrected chi connectivity index (χ0v) is 12.6. The summed E-state index contributed by atoms with van der Waals surface area (Å²) in [5, 5.41) is 11.0. The van der Waals surface area contributed by atoms with Crippen molar-refractivity contribution in [1.29, 1.82) is 0 Å². The third-order valence-corrected chi connectivity index (χ3v) is 5.31. The molecule has 8 nitrogen and oxygen atoms in total. The molecule has 0 aliphatic heterocycles. The lowest BCUT2D eigenvalue weighted by molar-refractivity contribution is -0.384. The molecule has 9 heteroatoms. The quantitative estimate of drug-likeness (QED) is 0.410. The molecule has 0 aromatic heterocycles. The van der Waals surface area contributed by atoms with Gasteiger partial charge < -0.3 is 5.43 Å². The number of nitro benzene ring substituents is 1. The molecule has 0 bridgehead atoms. The first kappa shape index (κ1) is 15.7. The van der Waals surface area contributed by atoms with Crippen LogP contribution in [0, 0.1) is 28.9 Å². The lowest BCUT2D eigenvalue weighted by Gasteiger charge is -2.11. The second-order valence-corrected chi connectivity index (χ2v) is 7.10. The van der Waals surface area contributed by atoms with Crippen LogP contribution in [0.1, 0.15) is 18.9 Å². The van der Waals surface area contributed by atoms with E-state index in [0.717, 1.165) is 12.5 Å². The number of hydrogen-bond donors (Lipinski definition) is 3. The Kier molecular flexibility index (Phi) is 4.17. The van der Waals surface area contributed by atoms with Crippen LogP contribution in [0.15, 0.2) is 17.0 Å². The fourth-order valence-electron chi connectivity index (χ4n) is 2.21. The predicted octanol–water partition coefficient (Wildman–Crippen LogP) is 1.12. The molecular formula is C12H18N4O4S. The van der Waals surface area contributed by atoms with Gasteiger partial charge in [-0.2, -0.15) is 0 Å². The van der Waals surface area contributed by atoms with E-state index in [1.165, 1.54) is 6.07 Å². The third-order valence-electron chi connectivity index (χ3n) is 3.75. The van der Waals surface area contributed by atoms with Gasteiger partial charge in [0.2, 0.25) is 10.0 Å². The molecule has 0 heterocycles. The summed E-state index contributed by atoms with van der Waals surface area (Å²) in [7, 11) is -3.77. The van der Waals surface area contributed by atoms with Gasteiger partial charge in [-0.05, 0) is 36.8 Å². The largest absolute Gasteiger partial charge is 0.318 e. The molecule has 2 unspecified atom stereocenters. The SMILES string of the molecule is Cc1cc(NN)c([N+](=O)[O-])cc1S(=O)(=O)NCC1CC1C. The number of nitrogens with two attached hydrogens (primary N) is 1. The lowest BCUT2D eigenvalue weighted by atomic mass is 10.2. The van der Waals surface area contributed by atoms with Gasteiger partial charge in [-0.1, -0.05) is 6.92 Å². The van der Waals surface area contributed by atoms with Gasteiger partial charge >= 0.3 is 0 Å². The van der Waals surface area contributed by atoms with Crippen molar-refractivity contribution in [2.75, 3.05) is 12.0 Å². The van der Waals surface area contributed by atoms with Crippen LogP contribution in [0.2, 0.25) is 0 Å². The molecule has 0 spiro atoms. The van der Waals surface area contributed by atoms with E-state index in [1.807, 2.05) is 0 Å². The summed E-state index contributed by atoms with van der Waals surface area (Å²) in [4.78, 5) is 10.2. The first-order valence-electron chi connectivity index (χ1n) is 6.51. The van der Waals surface area contributed by atoms with Crippen molar-refractivity contribution in [2.24, 2.45) is 17.7 Å². The van der Waals surface area contributed by atoms with E-state index in [4.69, 9.17) is 5.84 Å². The van der Waals surface area contributed by atoms with Gasteiger partial charge in [-0.15, -0.1) is 0 Å². The predicted molar refractivity (Wildman–Crippen MR) is 78.1 cm³/mol. The van der Waals surface area contributed by atoms with Crippen LogP contribution in [0.25, 0.3) is 0 Å². The average Bonchev–Trinajstić information content (AvgIpc) is 3.11. The molecule has 116 valence electrons. The Balaban J connectivity index is 2.33. The second kappa shape index (κ2) is 5.58. The van der Waals surface area contributed by atoms with Crippen molar-refractivity contribution < 1.29 is 13.3 Å². The zero-order chi connectivity index (χ0) is 15.8. The topological polar surface area (TPSA) is 127 Å². The summed E-state index contributed by atoms with van der Waals surface area (Å²) in [6.45, 7) is 3.98. The molecule has 1 aromatic rings. The highest BCUT2D eigenvalue weighted by atomic mass is 32.2. The van der Waals surface area contributed by atoms with Gasteiger partial charge in [0, 0.05) is 12.6 Å². The number of rotatable bonds is 6. The number of hydrogen-bond acceptors (Lipinski definition) is 6. The Morgan fingerprint density at radius 1 is 1.48 bits per heavy atom. The molecule has 4 N–H and O–H groups in total. The van der Waals surface area contributed by atoms with Gasteiger partial charge in [0.05, 0.1) is 9.82 Å². The minimum atomic E-state index is -3.77. The molecular weight excluding hydrogens is 296 g/mol. The van der Waals surface area contributed by atoms with Crippen LogP contribution in [0.4, 0.5) is 11.4 Å². The van der Waals surface area contributed by atoms with Crippen molar-refractivity contribution in [2.45, 2.75) is 25.2 Å². The number of nitrogen functional groups attached to an aromatic ring is 1. The minimum Gasteiger partial charge on any atom is -0.318 e. The Labute approximate surface area is 122 Å². The van der Waals surface area contributed by atoms with E-state index in [0.29, 0.717) is 23.9 Å². The number of nitrogens with one attached hydrogen (secondary N) is 2. The van der Waals surface area contributed by atoms with Crippen LogP contribution < -0.4 is 16.0 Å². The molecule has 1 aliphatic carbocycles. The zero-order valence-electron chi connectivity index (χ0n) is 11.8. The van der Waals surface area contributed by atoms with Gasteiger partial charge in [-0.3, -0.25) is 16.0 Å². The maximum absolute atomic E-state index is 12.3. The first-order chi connectivity index (χ1) is 9.76. The molecule has 2 atom stereocenters. The van der Waals surface area contributed by atoms with Gasteiger partial charge in [-0.25, -0.2) is 13.1 Å². The van der Waals surface area contributed by atoms with Crippen LogP contribution >= 0.6 is 0 Å². The number of nitro groups is 1. The molecule has 2 rings (SSSR count). The number of aryl methyl sites for hydroxylation is 1. The number of hydrazine groups is 1. The fourth-order valence-corrected chi connectivity index (χ4v) is 3.55. The smallest absolute Gasteiger partial charge is 0.295 e. The summed E-state index contributed by atoms with van der Waals surface area (Å²) in [6.07, 6.45) is 0.998. The number of sulfonamides is 1. The Hall–Kier alpha value is -1.71. The van der Waals surface area contributed by atoms with Crippen LogP contribution in [-0.4, -0.2) is 19.9 Å². The van der Waals surface area contributed by atoms with Crippen LogP contribution in [-0.2, 0) is 10.0 Å². The summed E-state index contributed by atoms with van der Waals surface area (Å²) in [5.74, 6) is 6.09. The highest BCUT2D eigenvalue weighted by molar-refractivity contribution is 7.89. The standard InChI is InChI=1S/C12H18N4O4S/c1-7-3-9(7)6-14-21(19,20)12-5-11(16(17)18)10(15-13)4-8(12)2/h4-5,7,9,14-15H,3,6,13H2,1-2H3. The van der Waals surface area contributed by atoms with Gasteiger partial charge in [0.1, 0.15) is 5.69 Å². The molecule has 0 saturated heterocycles. The molecule has 1 saturated carbocycles. The van der Waals surface area contributed by atoms with E-state index in [9.17, 15) is 18.5 Å². The summed E-state index contributed by atoms with van der Waals surface area (Å²) in [5.41, 5.74) is 2.30. The maximum Gasteiger partial charge on any atom is 0.295 e. The van der Waals surface area contributed by atoms with E-state index in [2.05, 4.69) is 17.1 Å². The van der Waals surface area contributed by atoms with Gasteiger partial charge in [0.25, 0.3) is 5.69 Å². The second-order valence-electron chi connectivity index (χ2n) is 5.36. The van der Waals surface area contributed by atoms with Crippen molar-refractivity contribution in [1.82, 2.24) is 4.72 Å². The molecule has 1 aliphatic rings. The van der Waals surface area contributed by atoms with Gasteiger partial charge in [0.15, 0.2) is 0 Å². The Morgan fingerprint density at radius 3 is 2.57 bits per heavy atom. The van der Waals surface area contributed by atoms with E-state index < -0.39 is 14.9 Å². The number of benzene rings is 1. The molecule has 0 radical (unpaired) electrons. The van der Waals surface area contributed by atoms with E-state index >= 15 is 0 Å². The molecule has 1 aromatic carbocycles. The van der Waals surface area contributed by atoms with Crippen molar-refractivity contribution in [3.63, 3.8) is 0 Å². The normalized spacial score (nSPS) is 21.1. The monoisotopic (exact) mass is 314 g/mol. The highest BCUT2D eigenvalue weighted by Gasteiger charge is 2.34. The average molecular weight is 314 g/mol. The Bertz CT molecular complexity index is 674. The molecule has 0 amide bonds. The highest BCUT2D eigenvalue weighted by Crippen LogP contribution is 2.37. The van der Waals surface area contributed by atoms with Crippen molar-refractivity contribution >= 4 is 21.4 Å². The lowest BCUT2D eigenvalue weighted by Crippen LogP contribution is -2.27. The van der Waals surface area contributed by atoms with E-state index in [-0.39, 0.29) is 16.3 Å². The maximum atomic E-state index is 12.3. The Morgan fingerprint density at radius 2 is 2.10 bits per heavy atom. The number of anilines is 1. The third kappa shape index (κ3) is 3.31. The molecule has 21 heavy (non-hydrogen) atoms. The molecule has 1 fully saturated rings. The minimum absolute atomic E-state index is 0.0762. The van der Waals surface area contributed by atoms with Crippen molar-refractivity contribution in [3.05, 3.63) is 27.8 Å². The summed E-state index contributed by atoms with van der Waals surface area (Å²) < 4.78 is 27.1. The summed E-state index contributed by atoms with van der Waals surface area (Å²) >= 11 is 0. The first-order valence-corrected chi connectivity index (χ1v) is 8.00. The fraction of sp³-hybridized carbons (Fsp3) is 0.500. The van der Waals surface area contributed by atoms with E-state index in [1.54, 1.807) is 6.92 Å². The van der Waals surface area contributed by atoms with Crippen molar-refractivity contribution in [3.8, 4) is 0 Å². The summed E-state index contributed by atoms with van der Waals surface area (Å²) in [6, 6.07) is 2.38.